The molecule has 124 valence electrons. The van der Waals surface area contributed by atoms with E-state index in [2.05, 4.69) is 17.9 Å². The van der Waals surface area contributed by atoms with Crippen LogP contribution in [0.2, 0.25) is 0 Å². The van der Waals surface area contributed by atoms with Crippen molar-refractivity contribution >= 4 is 11.8 Å². The van der Waals surface area contributed by atoms with E-state index >= 15 is 0 Å². The molecule has 1 heterocycles. The average Bonchev–Trinajstić information content (AvgIpc) is 2.97. The van der Waals surface area contributed by atoms with Crippen molar-refractivity contribution in [3.63, 3.8) is 0 Å². The van der Waals surface area contributed by atoms with Crippen LogP contribution < -0.4 is 0 Å². The van der Waals surface area contributed by atoms with Crippen molar-refractivity contribution in [2.24, 2.45) is 17.8 Å². The van der Waals surface area contributed by atoms with E-state index in [0.717, 1.165) is 31.4 Å². The van der Waals surface area contributed by atoms with Crippen LogP contribution >= 0.6 is 0 Å². The predicted molar refractivity (Wildman–Crippen MR) is 86.4 cm³/mol. The first-order chi connectivity index (χ1) is 10.5. The monoisotopic (exact) mass is 307 g/mol. The maximum atomic E-state index is 12.5. The summed E-state index contributed by atoms with van der Waals surface area (Å²) >= 11 is 0. The second-order valence-corrected chi connectivity index (χ2v) is 6.82. The number of rotatable bonds is 7. The Hall–Kier alpha value is -1.16. The highest BCUT2D eigenvalue weighted by Crippen LogP contribution is 2.37. The fourth-order valence-electron chi connectivity index (χ4n) is 3.76. The van der Waals surface area contributed by atoms with Crippen LogP contribution in [0.25, 0.3) is 0 Å². The number of carbonyl (C=O) groups excluding carboxylic acids is 2. The Balaban J connectivity index is 2.05. The molecule has 0 aromatic rings. The number of nitrogens with zero attached hydrogens (tertiary/aromatic N) is 1. The SMILES string of the molecule is CCCCC1=C[C@@H]2CN([C@H](C(=O)OCC)C(C)C)C[C@@H]2C1=O. The zero-order valence-corrected chi connectivity index (χ0v) is 14.3. The van der Waals surface area contributed by atoms with Crippen LogP contribution in [-0.2, 0) is 14.3 Å². The number of carbonyl (C=O) groups is 2. The number of allylic oxidation sites excluding steroid dienone is 1. The van der Waals surface area contributed by atoms with Crippen LogP contribution in [-0.4, -0.2) is 42.4 Å². The smallest absolute Gasteiger partial charge is 0.323 e. The van der Waals surface area contributed by atoms with Gasteiger partial charge in [-0.3, -0.25) is 14.5 Å². The van der Waals surface area contributed by atoms with Crippen LogP contribution in [0.1, 0.15) is 47.0 Å². The number of ether oxygens (including phenoxy) is 1. The molecule has 0 unspecified atom stereocenters. The van der Waals surface area contributed by atoms with Gasteiger partial charge in [0.15, 0.2) is 5.78 Å². The standard InChI is InChI=1S/C18H29NO3/c1-5-7-8-13-9-14-10-19(11-15(14)17(13)20)16(12(3)4)18(21)22-6-2/h9,12,14-16H,5-8,10-11H2,1-4H3/t14-,15+,16+/m1/s1. The first-order valence-corrected chi connectivity index (χ1v) is 8.65. The van der Waals surface area contributed by atoms with Gasteiger partial charge in [-0.25, -0.2) is 0 Å². The van der Waals surface area contributed by atoms with Crippen molar-refractivity contribution in [2.75, 3.05) is 19.7 Å². The summed E-state index contributed by atoms with van der Waals surface area (Å²) in [4.78, 5) is 26.9. The molecule has 0 saturated carbocycles. The van der Waals surface area contributed by atoms with E-state index in [0.29, 0.717) is 18.9 Å². The predicted octanol–water partition coefficient (Wildman–Crippen LogP) is 2.82. The Kier molecular flexibility index (Phi) is 5.79. The Morgan fingerprint density at radius 2 is 2.09 bits per heavy atom. The van der Waals surface area contributed by atoms with Gasteiger partial charge in [-0.05, 0) is 31.3 Å². The van der Waals surface area contributed by atoms with Crippen molar-refractivity contribution in [3.05, 3.63) is 11.6 Å². The normalized spacial score (nSPS) is 26.2. The lowest BCUT2D eigenvalue weighted by Crippen LogP contribution is -2.45. The molecule has 0 aromatic carbocycles. The molecule has 0 N–H and O–H groups in total. The molecule has 22 heavy (non-hydrogen) atoms. The maximum absolute atomic E-state index is 12.5. The van der Waals surface area contributed by atoms with Crippen LogP contribution in [0.3, 0.4) is 0 Å². The third kappa shape index (κ3) is 3.43. The summed E-state index contributed by atoms with van der Waals surface area (Å²) in [6, 6.07) is -0.231. The molecule has 0 bridgehead atoms. The summed E-state index contributed by atoms with van der Waals surface area (Å²) in [5.74, 6) is 0.696. The third-order valence-electron chi connectivity index (χ3n) is 4.81. The van der Waals surface area contributed by atoms with Gasteiger partial charge >= 0.3 is 5.97 Å². The fourth-order valence-corrected chi connectivity index (χ4v) is 3.76. The highest BCUT2D eigenvalue weighted by atomic mass is 16.5. The third-order valence-corrected chi connectivity index (χ3v) is 4.81. The quantitative estimate of drug-likeness (QED) is 0.679. The highest BCUT2D eigenvalue weighted by molar-refractivity contribution is 6.00. The molecule has 4 heteroatoms. The number of ketones is 1. The van der Waals surface area contributed by atoms with Gasteiger partial charge in [0, 0.05) is 24.9 Å². The maximum Gasteiger partial charge on any atom is 0.323 e. The van der Waals surface area contributed by atoms with Crippen molar-refractivity contribution in [1.29, 1.82) is 0 Å². The first kappa shape index (κ1) is 17.2. The lowest BCUT2D eigenvalue weighted by molar-refractivity contribution is -0.151. The lowest BCUT2D eigenvalue weighted by atomic mass is 9.97. The second kappa shape index (κ2) is 7.40. The molecule has 1 aliphatic heterocycles. The Morgan fingerprint density at radius 1 is 1.36 bits per heavy atom. The highest BCUT2D eigenvalue weighted by Gasteiger charge is 2.46. The number of unbranched alkanes of at least 4 members (excludes halogenated alkanes) is 1. The molecule has 2 aliphatic rings. The summed E-state index contributed by atoms with van der Waals surface area (Å²) in [7, 11) is 0. The van der Waals surface area contributed by atoms with Gasteiger partial charge in [-0.15, -0.1) is 0 Å². The van der Waals surface area contributed by atoms with E-state index < -0.39 is 0 Å². The number of esters is 1. The number of Topliss-reactive ketones (excluding diaryl/α,β-unsaturated/α-hetero) is 1. The molecule has 0 aromatic heterocycles. The van der Waals surface area contributed by atoms with Gasteiger partial charge in [-0.2, -0.15) is 0 Å². The van der Waals surface area contributed by atoms with Crippen LogP contribution in [0.5, 0.6) is 0 Å². The number of likely N-dealkylation sites (tertiary alicyclic amines) is 1. The van der Waals surface area contributed by atoms with Crippen molar-refractivity contribution in [2.45, 2.75) is 53.0 Å². The summed E-state index contributed by atoms with van der Waals surface area (Å²) in [6.07, 6.45) is 5.28. The Labute approximate surface area is 133 Å². The minimum Gasteiger partial charge on any atom is -0.465 e. The number of hydrogen-bond acceptors (Lipinski definition) is 4. The van der Waals surface area contributed by atoms with Gasteiger partial charge in [0.25, 0.3) is 0 Å². The molecular formula is C18H29NO3. The molecular weight excluding hydrogens is 278 g/mol. The Morgan fingerprint density at radius 3 is 2.64 bits per heavy atom. The summed E-state index contributed by atoms with van der Waals surface area (Å²) in [6.45, 7) is 9.96. The average molecular weight is 307 g/mol. The molecule has 0 radical (unpaired) electrons. The van der Waals surface area contributed by atoms with Crippen LogP contribution in [0.15, 0.2) is 11.6 Å². The van der Waals surface area contributed by atoms with Gasteiger partial charge in [-0.1, -0.05) is 33.3 Å². The van der Waals surface area contributed by atoms with Crippen molar-refractivity contribution in [1.82, 2.24) is 4.90 Å². The minimum absolute atomic E-state index is 0.0579. The van der Waals surface area contributed by atoms with Crippen LogP contribution in [0, 0.1) is 17.8 Å². The van der Waals surface area contributed by atoms with E-state index in [-0.39, 0.29) is 29.8 Å². The van der Waals surface area contributed by atoms with Crippen LogP contribution in [0.4, 0.5) is 0 Å². The summed E-state index contributed by atoms with van der Waals surface area (Å²) in [5.41, 5.74) is 1.02. The second-order valence-electron chi connectivity index (χ2n) is 6.82. The van der Waals surface area contributed by atoms with Gasteiger partial charge < -0.3 is 4.74 Å². The number of fused-ring (bicyclic) bond motifs is 1. The van der Waals surface area contributed by atoms with Crippen molar-refractivity contribution in [3.8, 4) is 0 Å². The zero-order valence-electron chi connectivity index (χ0n) is 14.3. The van der Waals surface area contributed by atoms with E-state index in [1.165, 1.54) is 0 Å². The Bertz CT molecular complexity index is 455. The van der Waals surface area contributed by atoms with E-state index in [1.807, 2.05) is 20.8 Å². The van der Waals surface area contributed by atoms with E-state index in [1.54, 1.807) is 0 Å². The van der Waals surface area contributed by atoms with Gasteiger partial charge in [0.2, 0.25) is 0 Å². The lowest BCUT2D eigenvalue weighted by Gasteiger charge is -2.29. The van der Waals surface area contributed by atoms with Gasteiger partial charge in [0.05, 0.1) is 6.61 Å². The molecule has 4 nitrogen and oxygen atoms in total. The number of hydrogen-bond donors (Lipinski definition) is 0. The molecule has 0 spiro atoms. The summed E-state index contributed by atoms with van der Waals surface area (Å²) in [5, 5.41) is 0. The molecule has 1 aliphatic carbocycles. The minimum atomic E-state index is -0.231. The largest absolute Gasteiger partial charge is 0.465 e. The molecule has 2 rings (SSSR count). The molecule has 3 atom stereocenters. The van der Waals surface area contributed by atoms with E-state index in [9.17, 15) is 9.59 Å². The van der Waals surface area contributed by atoms with Gasteiger partial charge in [0.1, 0.15) is 6.04 Å². The fraction of sp³-hybridized carbons (Fsp3) is 0.778. The zero-order chi connectivity index (χ0) is 16.3. The molecule has 1 saturated heterocycles. The summed E-state index contributed by atoms with van der Waals surface area (Å²) < 4.78 is 5.22. The van der Waals surface area contributed by atoms with E-state index in [4.69, 9.17) is 4.74 Å². The first-order valence-electron chi connectivity index (χ1n) is 8.65. The topological polar surface area (TPSA) is 46.6 Å². The van der Waals surface area contributed by atoms with Crippen molar-refractivity contribution < 1.29 is 14.3 Å². The molecule has 0 amide bonds. The molecule has 1 fully saturated rings.